The summed E-state index contributed by atoms with van der Waals surface area (Å²) in [5.41, 5.74) is 4.65. The molecule has 0 saturated heterocycles. The molecule has 0 aliphatic heterocycles. The minimum Gasteiger partial charge on any atom is -0.497 e. The molecule has 3 heterocycles. The predicted octanol–water partition coefficient (Wildman–Crippen LogP) is 2.89. The van der Waals surface area contributed by atoms with Crippen molar-refractivity contribution in [3.05, 3.63) is 58.6 Å². The summed E-state index contributed by atoms with van der Waals surface area (Å²) in [4.78, 5) is 17.3. The van der Waals surface area contributed by atoms with Gasteiger partial charge in [0.15, 0.2) is 5.65 Å². The van der Waals surface area contributed by atoms with Gasteiger partial charge in [0.1, 0.15) is 5.75 Å². The van der Waals surface area contributed by atoms with Crippen LogP contribution >= 0.6 is 0 Å². The molecule has 7 heteroatoms. The van der Waals surface area contributed by atoms with Crippen molar-refractivity contribution in [2.75, 3.05) is 7.11 Å². The van der Waals surface area contributed by atoms with Crippen LogP contribution in [0.25, 0.3) is 28.2 Å². The van der Waals surface area contributed by atoms with E-state index in [4.69, 9.17) is 4.74 Å². The normalized spacial score (nSPS) is 11.2. The van der Waals surface area contributed by atoms with Gasteiger partial charge in [0, 0.05) is 35.5 Å². The Hall–Kier alpha value is -3.35. The Morgan fingerprint density at radius 3 is 2.62 bits per heavy atom. The van der Waals surface area contributed by atoms with Gasteiger partial charge in [0.25, 0.3) is 5.56 Å². The first kappa shape index (κ1) is 16.1. The van der Waals surface area contributed by atoms with Crippen molar-refractivity contribution >= 4 is 5.65 Å². The number of aromatic nitrogens is 5. The number of hydrogen-bond donors (Lipinski definition) is 1. The summed E-state index contributed by atoms with van der Waals surface area (Å²) in [6, 6.07) is 9.21. The first-order chi connectivity index (χ1) is 12.6. The van der Waals surface area contributed by atoms with Crippen LogP contribution in [0, 0.1) is 6.92 Å². The number of nitrogens with one attached hydrogen (secondary N) is 1. The lowest BCUT2D eigenvalue weighted by Crippen LogP contribution is -2.14. The monoisotopic (exact) mass is 349 g/mol. The van der Waals surface area contributed by atoms with Crippen LogP contribution < -0.4 is 10.3 Å². The summed E-state index contributed by atoms with van der Waals surface area (Å²) in [6.07, 6.45) is 3.62. The third-order valence-corrected chi connectivity index (χ3v) is 4.48. The second-order valence-corrected chi connectivity index (χ2v) is 6.06. The molecule has 0 unspecified atom stereocenters. The highest BCUT2D eigenvalue weighted by atomic mass is 16.5. The van der Waals surface area contributed by atoms with E-state index in [1.54, 1.807) is 13.3 Å². The number of aromatic amines is 1. The van der Waals surface area contributed by atoms with E-state index in [2.05, 4.69) is 15.2 Å². The van der Waals surface area contributed by atoms with Crippen molar-refractivity contribution in [1.29, 1.82) is 0 Å². The molecule has 0 atom stereocenters. The summed E-state index contributed by atoms with van der Waals surface area (Å²) in [5, 5.41) is 7.42. The minimum absolute atomic E-state index is 0.155. The SMILES string of the molecule is CCn1cc(-c2cc(=O)n3[nH]c(-c4ccc(OC)cc4)c(C)c3n2)cn1. The van der Waals surface area contributed by atoms with Gasteiger partial charge in [-0.1, -0.05) is 0 Å². The average molecular weight is 349 g/mol. The highest BCUT2D eigenvalue weighted by molar-refractivity contribution is 5.72. The molecule has 0 bridgehead atoms. The topological polar surface area (TPSA) is 77.2 Å². The highest BCUT2D eigenvalue weighted by Crippen LogP contribution is 2.26. The minimum atomic E-state index is -0.155. The van der Waals surface area contributed by atoms with Gasteiger partial charge in [-0.2, -0.15) is 5.10 Å². The van der Waals surface area contributed by atoms with E-state index in [9.17, 15) is 4.79 Å². The van der Waals surface area contributed by atoms with Crippen molar-refractivity contribution in [2.24, 2.45) is 0 Å². The Balaban J connectivity index is 1.86. The number of rotatable bonds is 4. The molecule has 0 radical (unpaired) electrons. The Bertz CT molecular complexity index is 1140. The van der Waals surface area contributed by atoms with E-state index in [1.807, 2.05) is 49.0 Å². The van der Waals surface area contributed by atoms with Gasteiger partial charge >= 0.3 is 0 Å². The van der Waals surface area contributed by atoms with Crippen molar-refractivity contribution in [3.63, 3.8) is 0 Å². The first-order valence-electron chi connectivity index (χ1n) is 8.40. The van der Waals surface area contributed by atoms with E-state index in [0.717, 1.165) is 34.7 Å². The number of nitrogens with zero attached hydrogens (tertiary/aromatic N) is 4. The largest absolute Gasteiger partial charge is 0.497 e. The lowest BCUT2D eigenvalue weighted by Gasteiger charge is -2.02. The maximum Gasteiger partial charge on any atom is 0.273 e. The zero-order valence-electron chi connectivity index (χ0n) is 14.9. The van der Waals surface area contributed by atoms with Crippen LogP contribution in [-0.4, -0.2) is 31.5 Å². The molecule has 4 rings (SSSR count). The lowest BCUT2D eigenvalue weighted by atomic mass is 10.1. The van der Waals surface area contributed by atoms with Crippen LogP contribution in [-0.2, 0) is 6.54 Å². The molecule has 1 aromatic carbocycles. The van der Waals surface area contributed by atoms with Crippen molar-refractivity contribution in [2.45, 2.75) is 20.4 Å². The standard InChI is InChI=1S/C19H19N5O2/c1-4-23-11-14(10-20-23)16-9-17(25)24-19(21-16)12(2)18(22-24)13-5-7-15(26-3)8-6-13/h5-11,22H,4H2,1-3H3. The van der Waals surface area contributed by atoms with Gasteiger partial charge in [-0.15, -0.1) is 0 Å². The molecule has 0 fully saturated rings. The fourth-order valence-corrected chi connectivity index (χ4v) is 3.00. The Labute approximate surface area is 149 Å². The zero-order valence-corrected chi connectivity index (χ0v) is 14.9. The van der Waals surface area contributed by atoms with Gasteiger partial charge in [-0.25, -0.2) is 9.50 Å². The van der Waals surface area contributed by atoms with E-state index in [0.29, 0.717) is 11.3 Å². The predicted molar refractivity (Wildman–Crippen MR) is 99.4 cm³/mol. The third kappa shape index (κ3) is 2.57. The molecule has 0 saturated carbocycles. The summed E-state index contributed by atoms with van der Waals surface area (Å²) in [7, 11) is 1.63. The molecule has 0 aliphatic rings. The molecule has 0 amide bonds. The number of ether oxygens (including phenoxy) is 1. The summed E-state index contributed by atoms with van der Waals surface area (Å²) < 4.78 is 8.49. The number of aryl methyl sites for hydroxylation is 2. The number of H-pyrrole nitrogens is 1. The van der Waals surface area contributed by atoms with Crippen LogP contribution in [0.3, 0.4) is 0 Å². The molecule has 0 spiro atoms. The second kappa shape index (κ2) is 6.18. The van der Waals surface area contributed by atoms with Gasteiger partial charge in [0.05, 0.1) is 24.7 Å². The highest BCUT2D eigenvalue weighted by Gasteiger charge is 2.15. The number of methoxy groups -OCH3 is 1. The zero-order chi connectivity index (χ0) is 18.3. The summed E-state index contributed by atoms with van der Waals surface area (Å²) >= 11 is 0. The summed E-state index contributed by atoms with van der Waals surface area (Å²) in [5.74, 6) is 0.785. The Morgan fingerprint density at radius 2 is 1.96 bits per heavy atom. The molecular formula is C19H19N5O2. The number of fused-ring (bicyclic) bond motifs is 1. The van der Waals surface area contributed by atoms with Crippen molar-refractivity contribution < 1.29 is 4.74 Å². The van der Waals surface area contributed by atoms with Crippen LogP contribution in [0.2, 0.25) is 0 Å². The molecule has 0 aliphatic carbocycles. The van der Waals surface area contributed by atoms with Crippen molar-refractivity contribution in [1.82, 2.24) is 24.4 Å². The first-order valence-corrected chi connectivity index (χ1v) is 8.40. The van der Waals surface area contributed by atoms with Crippen LogP contribution in [0.5, 0.6) is 5.75 Å². The average Bonchev–Trinajstić information content (AvgIpc) is 3.27. The molecular weight excluding hydrogens is 330 g/mol. The third-order valence-electron chi connectivity index (χ3n) is 4.48. The fourth-order valence-electron chi connectivity index (χ4n) is 3.00. The lowest BCUT2D eigenvalue weighted by molar-refractivity contribution is 0.415. The van der Waals surface area contributed by atoms with Gasteiger partial charge < -0.3 is 4.74 Å². The molecule has 4 aromatic rings. The molecule has 132 valence electrons. The fraction of sp³-hybridized carbons (Fsp3) is 0.211. The van der Waals surface area contributed by atoms with E-state index < -0.39 is 0 Å². The molecule has 7 nitrogen and oxygen atoms in total. The molecule has 26 heavy (non-hydrogen) atoms. The van der Waals surface area contributed by atoms with Crippen LogP contribution in [0.4, 0.5) is 0 Å². The van der Waals surface area contributed by atoms with Crippen LogP contribution in [0.15, 0.2) is 47.5 Å². The van der Waals surface area contributed by atoms with Gasteiger partial charge in [-0.05, 0) is 38.1 Å². The van der Waals surface area contributed by atoms with Crippen molar-refractivity contribution in [3.8, 4) is 28.3 Å². The summed E-state index contributed by atoms with van der Waals surface area (Å²) in [6.45, 7) is 4.74. The van der Waals surface area contributed by atoms with Crippen LogP contribution in [0.1, 0.15) is 12.5 Å². The van der Waals surface area contributed by atoms with E-state index in [1.165, 1.54) is 10.6 Å². The maximum absolute atomic E-state index is 12.6. The Kier molecular flexibility index (Phi) is 3.84. The quantitative estimate of drug-likeness (QED) is 0.614. The number of hydrogen-bond acceptors (Lipinski definition) is 4. The molecule has 3 aromatic heterocycles. The Morgan fingerprint density at radius 1 is 1.19 bits per heavy atom. The maximum atomic E-state index is 12.6. The smallest absolute Gasteiger partial charge is 0.273 e. The van der Waals surface area contributed by atoms with Gasteiger partial charge in [0.2, 0.25) is 0 Å². The van der Waals surface area contributed by atoms with E-state index >= 15 is 0 Å². The second-order valence-electron chi connectivity index (χ2n) is 6.06. The molecule has 1 N–H and O–H groups in total. The van der Waals surface area contributed by atoms with E-state index in [-0.39, 0.29) is 5.56 Å². The van der Waals surface area contributed by atoms with Gasteiger partial charge in [-0.3, -0.25) is 14.6 Å². The number of benzene rings is 1.